The maximum Gasteiger partial charge on any atom is 0.318 e. The standard InChI is InChI=1S/C23H24N4O4S/c1-16-8-13-20(32(30,31)25-15-17-6-4-3-5-7-17)14-21(16)22(28)26-18-9-11-19(12-10-18)27-23(29)24-2/h3-14,25H,15H2,1-2H3,(H,26,28)(H2,24,27,29). The highest BCUT2D eigenvalue weighted by Crippen LogP contribution is 2.19. The lowest BCUT2D eigenvalue weighted by Crippen LogP contribution is -2.24. The van der Waals surface area contributed by atoms with E-state index in [9.17, 15) is 18.0 Å². The van der Waals surface area contributed by atoms with Gasteiger partial charge in [0.2, 0.25) is 10.0 Å². The fourth-order valence-electron chi connectivity index (χ4n) is 2.90. The lowest BCUT2D eigenvalue weighted by atomic mass is 10.1. The largest absolute Gasteiger partial charge is 0.341 e. The second-order valence-electron chi connectivity index (χ2n) is 7.02. The molecule has 0 spiro atoms. The number of carbonyl (C=O) groups is 2. The number of amides is 3. The Morgan fingerprint density at radius 2 is 1.47 bits per heavy atom. The maximum atomic E-state index is 12.8. The number of aryl methyl sites for hydroxylation is 1. The highest BCUT2D eigenvalue weighted by Gasteiger charge is 2.18. The topological polar surface area (TPSA) is 116 Å². The van der Waals surface area contributed by atoms with Crippen molar-refractivity contribution in [3.63, 3.8) is 0 Å². The first kappa shape index (κ1) is 23.0. The monoisotopic (exact) mass is 452 g/mol. The third-order valence-electron chi connectivity index (χ3n) is 4.70. The zero-order valence-electron chi connectivity index (χ0n) is 17.7. The second-order valence-corrected chi connectivity index (χ2v) is 8.79. The Balaban J connectivity index is 1.73. The molecule has 0 aromatic heterocycles. The number of rotatable bonds is 7. The minimum atomic E-state index is -3.80. The molecule has 0 atom stereocenters. The maximum absolute atomic E-state index is 12.8. The molecule has 3 rings (SSSR count). The van der Waals surface area contributed by atoms with Crippen molar-refractivity contribution >= 4 is 33.3 Å². The van der Waals surface area contributed by atoms with Crippen LogP contribution in [0.2, 0.25) is 0 Å². The molecule has 0 saturated heterocycles. The van der Waals surface area contributed by atoms with Crippen LogP contribution in [0.1, 0.15) is 21.5 Å². The van der Waals surface area contributed by atoms with Crippen LogP contribution in [0, 0.1) is 6.92 Å². The van der Waals surface area contributed by atoms with Gasteiger partial charge in [-0.15, -0.1) is 0 Å². The molecule has 0 bridgehead atoms. The summed E-state index contributed by atoms with van der Waals surface area (Å²) >= 11 is 0. The van der Waals surface area contributed by atoms with E-state index in [0.717, 1.165) is 5.56 Å². The summed E-state index contributed by atoms with van der Waals surface area (Å²) < 4.78 is 28.0. The Bertz CT molecular complexity index is 1210. The Kier molecular flexibility index (Phi) is 7.24. The van der Waals surface area contributed by atoms with Crippen LogP contribution in [0.4, 0.5) is 16.2 Å². The Morgan fingerprint density at radius 3 is 2.09 bits per heavy atom. The average molecular weight is 453 g/mol. The van der Waals surface area contributed by atoms with Gasteiger partial charge >= 0.3 is 6.03 Å². The summed E-state index contributed by atoms with van der Waals surface area (Å²) in [4.78, 5) is 24.2. The second kappa shape index (κ2) is 10.1. The van der Waals surface area contributed by atoms with Crippen molar-refractivity contribution in [2.75, 3.05) is 17.7 Å². The van der Waals surface area contributed by atoms with Crippen molar-refractivity contribution in [1.29, 1.82) is 0 Å². The van der Waals surface area contributed by atoms with E-state index < -0.39 is 15.9 Å². The molecule has 0 aliphatic carbocycles. The summed E-state index contributed by atoms with van der Waals surface area (Å²) in [5, 5.41) is 7.82. The molecule has 0 saturated carbocycles. The third kappa shape index (κ3) is 5.93. The van der Waals surface area contributed by atoms with Crippen LogP contribution in [-0.4, -0.2) is 27.4 Å². The van der Waals surface area contributed by atoms with Crippen LogP contribution in [0.15, 0.2) is 77.7 Å². The van der Waals surface area contributed by atoms with E-state index in [1.807, 2.05) is 30.3 Å². The molecule has 0 heterocycles. The van der Waals surface area contributed by atoms with Crippen LogP contribution < -0.4 is 20.7 Å². The molecule has 9 heteroatoms. The minimum Gasteiger partial charge on any atom is -0.341 e. The fourth-order valence-corrected chi connectivity index (χ4v) is 3.94. The van der Waals surface area contributed by atoms with E-state index in [-0.39, 0.29) is 23.0 Å². The predicted octanol–water partition coefficient (Wildman–Crippen LogP) is 3.48. The van der Waals surface area contributed by atoms with Crippen molar-refractivity contribution in [1.82, 2.24) is 10.0 Å². The first-order chi connectivity index (χ1) is 15.3. The minimum absolute atomic E-state index is 0.00862. The molecule has 3 aromatic rings. The zero-order valence-corrected chi connectivity index (χ0v) is 18.5. The molecule has 3 amide bonds. The van der Waals surface area contributed by atoms with E-state index in [1.165, 1.54) is 19.2 Å². The molecule has 0 aliphatic heterocycles. The van der Waals surface area contributed by atoms with E-state index in [1.54, 1.807) is 37.3 Å². The van der Waals surface area contributed by atoms with Crippen molar-refractivity contribution in [3.05, 3.63) is 89.5 Å². The molecule has 32 heavy (non-hydrogen) atoms. The van der Waals surface area contributed by atoms with Crippen LogP contribution in [0.3, 0.4) is 0 Å². The Hall–Kier alpha value is -3.69. The van der Waals surface area contributed by atoms with Gasteiger partial charge in [-0.1, -0.05) is 36.4 Å². The summed E-state index contributed by atoms with van der Waals surface area (Å²) in [6.07, 6.45) is 0. The van der Waals surface area contributed by atoms with Gasteiger partial charge in [0.05, 0.1) is 4.90 Å². The van der Waals surface area contributed by atoms with Gasteiger partial charge in [0.15, 0.2) is 0 Å². The van der Waals surface area contributed by atoms with Gasteiger partial charge in [0, 0.05) is 30.5 Å². The number of benzene rings is 3. The summed E-state index contributed by atoms with van der Waals surface area (Å²) in [5.41, 5.74) is 2.79. The molecular formula is C23H24N4O4S. The number of hydrogen-bond acceptors (Lipinski definition) is 4. The lowest BCUT2D eigenvalue weighted by Gasteiger charge is -2.12. The molecule has 0 fully saturated rings. The highest BCUT2D eigenvalue weighted by atomic mass is 32.2. The smallest absolute Gasteiger partial charge is 0.318 e. The number of urea groups is 1. The molecule has 0 aliphatic rings. The van der Waals surface area contributed by atoms with Gasteiger partial charge in [0.25, 0.3) is 5.91 Å². The van der Waals surface area contributed by atoms with Crippen molar-refractivity contribution in [3.8, 4) is 0 Å². The number of carbonyl (C=O) groups excluding carboxylic acids is 2. The summed E-state index contributed by atoms with van der Waals surface area (Å²) in [6, 6.07) is 19.8. The van der Waals surface area contributed by atoms with Gasteiger partial charge in [-0.2, -0.15) is 0 Å². The van der Waals surface area contributed by atoms with Crippen molar-refractivity contribution in [2.24, 2.45) is 0 Å². The molecule has 166 valence electrons. The van der Waals surface area contributed by atoms with Crippen LogP contribution in [-0.2, 0) is 16.6 Å². The van der Waals surface area contributed by atoms with Gasteiger partial charge in [-0.05, 0) is 54.4 Å². The van der Waals surface area contributed by atoms with Gasteiger partial charge in [0.1, 0.15) is 0 Å². The molecule has 0 unspecified atom stereocenters. The SMILES string of the molecule is CNC(=O)Nc1ccc(NC(=O)c2cc(S(=O)(=O)NCc3ccccc3)ccc2C)cc1. The van der Waals surface area contributed by atoms with E-state index in [2.05, 4.69) is 20.7 Å². The molecule has 3 aromatic carbocycles. The Morgan fingerprint density at radius 1 is 0.844 bits per heavy atom. The predicted molar refractivity (Wildman–Crippen MR) is 124 cm³/mol. The normalized spacial score (nSPS) is 10.9. The molecule has 4 N–H and O–H groups in total. The first-order valence-electron chi connectivity index (χ1n) is 9.83. The summed E-state index contributed by atoms with van der Waals surface area (Å²) in [6.45, 7) is 1.88. The highest BCUT2D eigenvalue weighted by molar-refractivity contribution is 7.89. The fraction of sp³-hybridized carbons (Fsp3) is 0.130. The third-order valence-corrected chi connectivity index (χ3v) is 6.10. The van der Waals surface area contributed by atoms with Crippen LogP contribution in [0.25, 0.3) is 0 Å². The van der Waals surface area contributed by atoms with Gasteiger partial charge in [-0.3, -0.25) is 4.79 Å². The Labute approximate surface area is 187 Å². The van der Waals surface area contributed by atoms with Crippen molar-refractivity contribution in [2.45, 2.75) is 18.4 Å². The molecule has 0 radical (unpaired) electrons. The van der Waals surface area contributed by atoms with Crippen molar-refractivity contribution < 1.29 is 18.0 Å². The lowest BCUT2D eigenvalue weighted by molar-refractivity contribution is 0.102. The average Bonchev–Trinajstić information content (AvgIpc) is 2.79. The molecule has 8 nitrogen and oxygen atoms in total. The van der Waals surface area contributed by atoms with Gasteiger partial charge in [-0.25, -0.2) is 17.9 Å². The number of anilines is 2. The first-order valence-corrected chi connectivity index (χ1v) is 11.3. The van der Waals surface area contributed by atoms with E-state index >= 15 is 0 Å². The zero-order chi connectivity index (χ0) is 23.1. The van der Waals surface area contributed by atoms with Crippen LogP contribution in [0.5, 0.6) is 0 Å². The quantitative estimate of drug-likeness (QED) is 0.439. The molecular weight excluding hydrogens is 428 g/mol. The number of hydrogen-bond donors (Lipinski definition) is 4. The summed E-state index contributed by atoms with van der Waals surface area (Å²) in [7, 11) is -2.29. The number of nitrogens with one attached hydrogen (secondary N) is 4. The number of sulfonamides is 1. The van der Waals surface area contributed by atoms with Crippen LogP contribution >= 0.6 is 0 Å². The van der Waals surface area contributed by atoms with E-state index in [0.29, 0.717) is 16.9 Å². The van der Waals surface area contributed by atoms with Gasteiger partial charge < -0.3 is 16.0 Å². The summed E-state index contributed by atoms with van der Waals surface area (Å²) in [5.74, 6) is -0.436. The van der Waals surface area contributed by atoms with E-state index in [4.69, 9.17) is 0 Å².